The molecule has 0 aromatic carbocycles. The van der Waals surface area contributed by atoms with Gasteiger partial charge in [-0.3, -0.25) is 0 Å². The van der Waals surface area contributed by atoms with Gasteiger partial charge in [-0.2, -0.15) is 0 Å². The molecule has 0 aliphatic heterocycles. The van der Waals surface area contributed by atoms with Crippen LogP contribution in [0.2, 0.25) is 0 Å². The molecule has 3 atom stereocenters. The van der Waals surface area contributed by atoms with Crippen LogP contribution in [0.15, 0.2) is 11.6 Å². The monoisotopic (exact) mass is 181 g/mol. The molecule has 3 unspecified atom stereocenters. The van der Waals surface area contributed by atoms with Crippen LogP contribution in [-0.4, -0.2) is 16.2 Å². The Balaban J connectivity index is 2.33. The third-order valence-electron chi connectivity index (χ3n) is 3.55. The average Bonchev–Trinajstić information content (AvgIpc) is 1.98. The first-order chi connectivity index (χ1) is 5.91. The van der Waals surface area contributed by atoms with E-state index < -0.39 is 5.60 Å². The van der Waals surface area contributed by atoms with E-state index in [0.29, 0.717) is 5.92 Å². The topological polar surface area (TPSA) is 46.2 Å². The van der Waals surface area contributed by atoms with E-state index >= 15 is 0 Å². The first-order valence-electron chi connectivity index (χ1n) is 5.14. The van der Waals surface area contributed by atoms with Gasteiger partial charge in [0.2, 0.25) is 0 Å². The highest BCUT2D eigenvalue weighted by Crippen LogP contribution is 2.44. The number of rotatable bonds is 0. The summed E-state index contributed by atoms with van der Waals surface area (Å²) in [6, 6.07) is 0. The molecule has 0 spiro atoms. The molecule has 3 N–H and O–H groups in total. The number of allylic oxidation sites excluding steroid dienone is 1. The molecule has 0 aromatic heterocycles. The minimum Gasteiger partial charge on any atom is -0.390 e. The van der Waals surface area contributed by atoms with Crippen LogP contribution >= 0.6 is 0 Å². The van der Waals surface area contributed by atoms with Crippen LogP contribution in [-0.2, 0) is 0 Å². The van der Waals surface area contributed by atoms with Gasteiger partial charge in [-0.05, 0) is 38.5 Å². The molecular formula is C11H19NO. The maximum atomic E-state index is 10.2. The highest BCUT2D eigenvalue weighted by Gasteiger charge is 2.43. The van der Waals surface area contributed by atoms with E-state index in [1.54, 1.807) is 0 Å². The molecule has 74 valence electrons. The number of aliphatic hydroxyl groups is 1. The van der Waals surface area contributed by atoms with E-state index in [2.05, 4.69) is 19.9 Å². The SMILES string of the molecule is CC1C=C2CC(O)(CCC2(C)N)C1. The number of hydrogen-bond acceptors (Lipinski definition) is 2. The second-order valence-electron chi connectivity index (χ2n) is 5.19. The number of fused-ring (bicyclic) bond motifs is 2. The Bertz CT molecular complexity index is 257. The fourth-order valence-corrected chi connectivity index (χ4v) is 2.72. The van der Waals surface area contributed by atoms with Crippen LogP contribution in [0.3, 0.4) is 0 Å². The minimum atomic E-state index is -0.442. The van der Waals surface area contributed by atoms with Crippen molar-refractivity contribution in [2.45, 2.75) is 50.7 Å². The molecule has 13 heavy (non-hydrogen) atoms. The van der Waals surface area contributed by atoms with Gasteiger partial charge in [-0.15, -0.1) is 0 Å². The van der Waals surface area contributed by atoms with E-state index in [1.807, 2.05) is 0 Å². The van der Waals surface area contributed by atoms with Gasteiger partial charge in [-0.25, -0.2) is 0 Å². The van der Waals surface area contributed by atoms with Crippen molar-refractivity contribution in [3.63, 3.8) is 0 Å². The largest absolute Gasteiger partial charge is 0.390 e. The molecule has 2 aliphatic carbocycles. The molecule has 2 bridgehead atoms. The van der Waals surface area contributed by atoms with Crippen LogP contribution in [0.25, 0.3) is 0 Å². The molecule has 2 rings (SSSR count). The van der Waals surface area contributed by atoms with Crippen LogP contribution in [0, 0.1) is 5.92 Å². The second kappa shape index (κ2) is 2.58. The Morgan fingerprint density at radius 3 is 2.92 bits per heavy atom. The van der Waals surface area contributed by atoms with E-state index in [9.17, 15) is 5.11 Å². The molecular weight excluding hydrogens is 162 g/mol. The zero-order valence-electron chi connectivity index (χ0n) is 8.51. The van der Waals surface area contributed by atoms with Crippen molar-refractivity contribution < 1.29 is 5.11 Å². The molecule has 1 fully saturated rings. The lowest BCUT2D eigenvalue weighted by Crippen LogP contribution is -2.51. The van der Waals surface area contributed by atoms with Crippen molar-refractivity contribution in [3.8, 4) is 0 Å². The van der Waals surface area contributed by atoms with E-state index in [-0.39, 0.29) is 5.54 Å². The summed E-state index contributed by atoms with van der Waals surface area (Å²) in [5.74, 6) is 0.483. The Morgan fingerprint density at radius 2 is 2.23 bits per heavy atom. The Kier molecular flexibility index (Phi) is 1.83. The summed E-state index contributed by atoms with van der Waals surface area (Å²) < 4.78 is 0. The van der Waals surface area contributed by atoms with Crippen molar-refractivity contribution in [3.05, 3.63) is 11.6 Å². The third kappa shape index (κ3) is 1.53. The second-order valence-corrected chi connectivity index (χ2v) is 5.19. The fraction of sp³-hybridized carbons (Fsp3) is 0.818. The summed E-state index contributed by atoms with van der Waals surface area (Å²) in [7, 11) is 0. The molecule has 2 nitrogen and oxygen atoms in total. The minimum absolute atomic E-state index is 0.166. The molecule has 0 saturated heterocycles. The van der Waals surface area contributed by atoms with Gasteiger partial charge in [0.05, 0.1) is 5.60 Å². The van der Waals surface area contributed by atoms with Crippen molar-refractivity contribution >= 4 is 0 Å². The van der Waals surface area contributed by atoms with Crippen molar-refractivity contribution in [2.24, 2.45) is 11.7 Å². The molecule has 2 heteroatoms. The van der Waals surface area contributed by atoms with Gasteiger partial charge in [-0.1, -0.05) is 18.6 Å². The zero-order chi connectivity index (χ0) is 9.69. The van der Waals surface area contributed by atoms with Crippen LogP contribution in [0.5, 0.6) is 0 Å². The Hall–Kier alpha value is -0.340. The number of hydrogen-bond donors (Lipinski definition) is 2. The standard InChI is InChI=1S/C11H19NO/c1-8-5-9-7-11(13,6-8)4-3-10(9,2)12/h5,8,13H,3-4,6-7,12H2,1-2H3. The smallest absolute Gasteiger partial charge is 0.0691 e. The van der Waals surface area contributed by atoms with E-state index in [1.165, 1.54) is 5.57 Å². The first-order valence-corrected chi connectivity index (χ1v) is 5.14. The van der Waals surface area contributed by atoms with Crippen LogP contribution in [0.4, 0.5) is 0 Å². The fourth-order valence-electron chi connectivity index (χ4n) is 2.72. The summed E-state index contributed by atoms with van der Waals surface area (Å²) in [5.41, 5.74) is 6.83. The lowest BCUT2D eigenvalue weighted by Gasteiger charge is -2.46. The molecule has 0 radical (unpaired) electrons. The maximum absolute atomic E-state index is 10.2. The molecule has 0 heterocycles. The highest BCUT2D eigenvalue weighted by molar-refractivity contribution is 5.27. The normalized spacial score (nSPS) is 50.2. The predicted molar refractivity (Wildman–Crippen MR) is 53.3 cm³/mol. The quantitative estimate of drug-likeness (QED) is 0.557. The van der Waals surface area contributed by atoms with E-state index in [4.69, 9.17) is 5.73 Å². The van der Waals surface area contributed by atoms with Gasteiger partial charge in [0.25, 0.3) is 0 Å². The zero-order valence-corrected chi connectivity index (χ0v) is 8.51. The molecule has 1 saturated carbocycles. The van der Waals surface area contributed by atoms with Gasteiger partial charge in [0.1, 0.15) is 0 Å². The van der Waals surface area contributed by atoms with Gasteiger partial charge in [0.15, 0.2) is 0 Å². The molecule has 2 aliphatic rings. The van der Waals surface area contributed by atoms with Gasteiger partial charge < -0.3 is 10.8 Å². The summed E-state index contributed by atoms with van der Waals surface area (Å²) in [5, 5.41) is 10.2. The predicted octanol–water partition coefficient (Wildman–Crippen LogP) is 1.58. The van der Waals surface area contributed by atoms with Gasteiger partial charge in [0, 0.05) is 5.54 Å². The summed E-state index contributed by atoms with van der Waals surface area (Å²) >= 11 is 0. The summed E-state index contributed by atoms with van der Waals surface area (Å²) in [6.45, 7) is 4.24. The van der Waals surface area contributed by atoms with Crippen molar-refractivity contribution in [2.75, 3.05) is 0 Å². The van der Waals surface area contributed by atoms with Crippen LogP contribution in [0.1, 0.15) is 39.5 Å². The number of nitrogens with two attached hydrogens (primary N) is 1. The Labute approximate surface area is 79.8 Å². The van der Waals surface area contributed by atoms with Crippen LogP contribution < -0.4 is 5.73 Å². The first kappa shape index (κ1) is 9.22. The van der Waals surface area contributed by atoms with Crippen molar-refractivity contribution in [1.29, 1.82) is 0 Å². The molecule has 0 amide bonds. The van der Waals surface area contributed by atoms with E-state index in [0.717, 1.165) is 25.7 Å². The molecule has 0 aromatic rings. The summed E-state index contributed by atoms with van der Waals surface area (Å²) in [6.07, 6.45) is 5.74. The van der Waals surface area contributed by atoms with Crippen molar-refractivity contribution in [1.82, 2.24) is 0 Å². The third-order valence-corrected chi connectivity index (χ3v) is 3.55. The Morgan fingerprint density at radius 1 is 1.54 bits per heavy atom. The highest BCUT2D eigenvalue weighted by atomic mass is 16.3. The maximum Gasteiger partial charge on any atom is 0.0691 e. The lowest BCUT2D eigenvalue weighted by molar-refractivity contribution is -0.0144. The van der Waals surface area contributed by atoms with Gasteiger partial charge >= 0.3 is 0 Å². The summed E-state index contributed by atoms with van der Waals surface area (Å²) in [4.78, 5) is 0. The lowest BCUT2D eigenvalue weighted by atomic mass is 9.65. The average molecular weight is 181 g/mol.